The van der Waals surface area contributed by atoms with Gasteiger partial charge in [0.1, 0.15) is 0 Å². The van der Waals surface area contributed by atoms with Crippen LogP contribution < -0.4 is 0 Å². The van der Waals surface area contributed by atoms with Crippen LogP contribution in [0.4, 0.5) is 0 Å². The van der Waals surface area contributed by atoms with Crippen LogP contribution in [-0.2, 0) is 0 Å². The fraction of sp³-hybridized carbons (Fsp3) is 0.222. The lowest BCUT2D eigenvalue weighted by molar-refractivity contribution is 1.14. The third kappa shape index (κ3) is 1.72. The standard InChI is InChI=1S/C9H10I/c1-7(2)8-5-3-4-6-9(8)10/h3-6H,1-2H3. The molecule has 0 aliphatic carbocycles. The van der Waals surface area contributed by atoms with Crippen molar-refractivity contribution in [2.45, 2.75) is 13.8 Å². The Labute approximate surface area is 75.8 Å². The maximum atomic E-state index is 2.35. The van der Waals surface area contributed by atoms with Crippen molar-refractivity contribution in [3.05, 3.63) is 39.3 Å². The van der Waals surface area contributed by atoms with Crippen molar-refractivity contribution in [3.8, 4) is 0 Å². The van der Waals surface area contributed by atoms with Crippen LogP contribution in [-0.4, -0.2) is 0 Å². The lowest BCUT2D eigenvalue weighted by Crippen LogP contribution is -1.90. The third-order valence-electron chi connectivity index (χ3n) is 1.41. The Morgan fingerprint density at radius 2 is 1.80 bits per heavy atom. The van der Waals surface area contributed by atoms with E-state index in [9.17, 15) is 0 Å². The molecular weight excluding hydrogens is 235 g/mol. The predicted octanol–water partition coefficient (Wildman–Crippen LogP) is 3.25. The average molecular weight is 245 g/mol. The zero-order valence-corrected chi connectivity index (χ0v) is 8.34. The molecule has 0 unspecified atom stereocenters. The van der Waals surface area contributed by atoms with Crippen molar-refractivity contribution in [1.29, 1.82) is 0 Å². The Hall–Kier alpha value is -0.0500. The first-order valence-corrected chi connectivity index (χ1v) is 4.35. The fourth-order valence-corrected chi connectivity index (χ4v) is 1.79. The molecule has 0 heterocycles. The monoisotopic (exact) mass is 245 g/mol. The largest absolute Gasteiger partial charge is 0.0619 e. The van der Waals surface area contributed by atoms with E-state index in [1.165, 1.54) is 15.1 Å². The summed E-state index contributed by atoms with van der Waals surface area (Å²) in [6.45, 7) is 4.27. The number of hydrogen-bond acceptors (Lipinski definition) is 0. The van der Waals surface area contributed by atoms with Crippen molar-refractivity contribution in [2.75, 3.05) is 0 Å². The minimum Gasteiger partial charge on any atom is -0.0619 e. The topological polar surface area (TPSA) is 0 Å². The van der Waals surface area contributed by atoms with Gasteiger partial charge in [0.2, 0.25) is 0 Å². The number of rotatable bonds is 1. The summed E-state index contributed by atoms with van der Waals surface area (Å²) in [4.78, 5) is 0. The predicted molar refractivity (Wildman–Crippen MR) is 52.9 cm³/mol. The molecule has 0 bridgehead atoms. The summed E-state index contributed by atoms with van der Waals surface area (Å²) in [5, 5.41) is 0. The highest BCUT2D eigenvalue weighted by Gasteiger charge is 2.01. The van der Waals surface area contributed by atoms with Gasteiger partial charge in [0, 0.05) is 3.57 Å². The summed E-state index contributed by atoms with van der Waals surface area (Å²) in [6, 6.07) is 8.42. The van der Waals surface area contributed by atoms with Gasteiger partial charge in [-0.25, -0.2) is 0 Å². The van der Waals surface area contributed by atoms with E-state index in [-0.39, 0.29) is 0 Å². The highest BCUT2D eigenvalue weighted by Crippen LogP contribution is 2.19. The maximum absolute atomic E-state index is 2.35. The van der Waals surface area contributed by atoms with Gasteiger partial charge >= 0.3 is 0 Å². The summed E-state index contributed by atoms with van der Waals surface area (Å²) in [7, 11) is 0. The molecule has 0 spiro atoms. The fourth-order valence-electron chi connectivity index (χ4n) is 0.867. The second-order valence-corrected chi connectivity index (χ2v) is 3.64. The van der Waals surface area contributed by atoms with Gasteiger partial charge in [-0.3, -0.25) is 0 Å². The summed E-state index contributed by atoms with van der Waals surface area (Å²) in [6.07, 6.45) is 0. The van der Waals surface area contributed by atoms with Crippen molar-refractivity contribution >= 4 is 22.6 Å². The molecule has 1 aromatic carbocycles. The molecule has 0 nitrogen and oxygen atoms in total. The molecule has 0 aromatic heterocycles. The molecule has 1 heteroatoms. The summed E-state index contributed by atoms with van der Waals surface area (Å²) < 4.78 is 1.33. The van der Waals surface area contributed by atoms with Crippen LogP contribution in [0.3, 0.4) is 0 Å². The Morgan fingerprint density at radius 1 is 1.20 bits per heavy atom. The first kappa shape index (κ1) is 8.05. The molecule has 1 radical (unpaired) electrons. The SMILES string of the molecule is C[C](C)c1ccccc1I. The van der Waals surface area contributed by atoms with Crippen LogP contribution in [0, 0.1) is 9.49 Å². The Bertz CT molecular complexity index is 216. The average Bonchev–Trinajstić information content (AvgIpc) is 1.88. The zero-order chi connectivity index (χ0) is 7.56. The molecule has 1 aromatic rings. The normalized spacial score (nSPS) is 10.4. The quantitative estimate of drug-likeness (QED) is 0.666. The van der Waals surface area contributed by atoms with E-state index in [1.807, 2.05) is 0 Å². The zero-order valence-electron chi connectivity index (χ0n) is 6.19. The van der Waals surface area contributed by atoms with Gasteiger partial charge in [-0.05, 0) is 40.1 Å². The van der Waals surface area contributed by atoms with E-state index in [2.05, 4.69) is 60.7 Å². The van der Waals surface area contributed by atoms with Crippen LogP contribution >= 0.6 is 22.6 Å². The lowest BCUT2D eigenvalue weighted by Gasteiger charge is -2.05. The van der Waals surface area contributed by atoms with Crippen molar-refractivity contribution in [1.82, 2.24) is 0 Å². The van der Waals surface area contributed by atoms with Crippen LogP contribution in [0.15, 0.2) is 24.3 Å². The number of benzene rings is 1. The number of halogens is 1. The van der Waals surface area contributed by atoms with Crippen LogP contribution in [0.5, 0.6) is 0 Å². The Kier molecular flexibility index (Phi) is 2.72. The molecule has 53 valence electrons. The van der Waals surface area contributed by atoms with Crippen molar-refractivity contribution < 1.29 is 0 Å². The van der Waals surface area contributed by atoms with E-state index in [4.69, 9.17) is 0 Å². The van der Waals surface area contributed by atoms with Crippen LogP contribution in [0.2, 0.25) is 0 Å². The molecule has 0 saturated heterocycles. The first-order chi connectivity index (χ1) is 4.72. The van der Waals surface area contributed by atoms with Gasteiger partial charge in [0.25, 0.3) is 0 Å². The summed E-state index contributed by atoms with van der Waals surface area (Å²) in [5.74, 6) is 1.38. The highest BCUT2D eigenvalue weighted by molar-refractivity contribution is 14.1. The smallest absolute Gasteiger partial charge is 0.0168 e. The maximum Gasteiger partial charge on any atom is 0.0168 e. The lowest BCUT2D eigenvalue weighted by atomic mass is 10.0. The Morgan fingerprint density at radius 3 is 2.20 bits per heavy atom. The minimum absolute atomic E-state index is 1.33. The van der Waals surface area contributed by atoms with Crippen LogP contribution in [0.25, 0.3) is 0 Å². The van der Waals surface area contributed by atoms with Gasteiger partial charge in [0.15, 0.2) is 0 Å². The second-order valence-electron chi connectivity index (χ2n) is 2.48. The van der Waals surface area contributed by atoms with Gasteiger partial charge in [-0.2, -0.15) is 0 Å². The van der Waals surface area contributed by atoms with E-state index < -0.39 is 0 Å². The van der Waals surface area contributed by atoms with Crippen molar-refractivity contribution in [2.24, 2.45) is 0 Å². The molecule has 0 aliphatic heterocycles. The number of hydrogen-bond donors (Lipinski definition) is 0. The van der Waals surface area contributed by atoms with Gasteiger partial charge in [0.05, 0.1) is 0 Å². The van der Waals surface area contributed by atoms with E-state index >= 15 is 0 Å². The second kappa shape index (κ2) is 3.37. The van der Waals surface area contributed by atoms with E-state index in [0.717, 1.165) is 0 Å². The van der Waals surface area contributed by atoms with Gasteiger partial charge < -0.3 is 0 Å². The molecule has 0 N–H and O–H groups in total. The third-order valence-corrected chi connectivity index (χ3v) is 2.35. The molecule has 0 fully saturated rings. The summed E-state index contributed by atoms with van der Waals surface area (Å²) in [5.41, 5.74) is 1.36. The molecule has 0 saturated carbocycles. The van der Waals surface area contributed by atoms with E-state index in [1.54, 1.807) is 0 Å². The molecule has 1 rings (SSSR count). The minimum atomic E-state index is 1.33. The van der Waals surface area contributed by atoms with Crippen LogP contribution in [0.1, 0.15) is 19.4 Å². The Balaban J connectivity index is 3.03. The van der Waals surface area contributed by atoms with Gasteiger partial charge in [-0.15, -0.1) is 0 Å². The molecule has 0 atom stereocenters. The molecule has 0 amide bonds. The summed E-state index contributed by atoms with van der Waals surface area (Å²) >= 11 is 2.35. The molecule has 10 heavy (non-hydrogen) atoms. The van der Waals surface area contributed by atoms with Crippen molar-refractivity contribution in [3.63, 3.8) is 0 Å². The molecular formula is C9H10I. The highest BCUT2D eigenvalue weighted by atomic mass is 127. The first-order valence-electron chi connectivity index (χ1n) is 3.27. The molecule has 0 aliphatic rings. The van der Waals surface area contributed by atoms with Gasteiger partial charge in [-0.1, -0.05) is 32.0 Å². The van der Waals surface area contributed by atoms with E-state index in [0.29, 0.717) is 0 Å².